The number of para-hydroxylation sites is 1. The Morgan fingerprint density at radius 3 is 2.62 bits per heavy atom. The lowest BCUT2D eigenvalue weighted by Gasteiger charge is -2.10. The number of rotatable bonds is 5. The summed E-state index contributed by atoms with van der Waals surface area (Å²) >= 11 is 0. The summed E-state index contributed by atoms with van der Waals surface area (Å²) in [5, 5.41) is 14.4. The van der Waals surface area contributed by atoms with Gasteiger partial charge < -0.3 is 5.32 Å². The van der Waals surface area contributed by atoms with Crippen LogP contribution in [0.1, 0.15) is 23.1 Å². The van der Waals surface area contributed by atoms with Crippen molar-refractivity contribution in [1.82, 2.24) is 0 Å². The smallest absolute Gasteiger partial charge is 0.310 e. The minimum atomic E-state index is -3.67. The third kappa shape index (κ3) is 3.26. The number of sulfone groups is 1. The van der Waals surface area contributed by atoms with Crippen LogP contribution in [0.3, 0.4) is 0 Å². The van der Waals surface area contributed by atoms with Crippen molar-refractivity contribution in [3.63, 3.8) is 0 Å². The van der Waals surface area contributed by atoms with Crippen molar-refractivity contribution in [3.05, 3.63) is 63.2 Å². The quantitative estimate of drug-likeness (QED) is 0.664. The molecule has 0 aromatic heterocycles. The van der Waals surface area contributed by atoms with Gasteiger partial charge in [-0.2, -0.15) is 0 Å². The van der Waals surface area contributed by atoms with Crippen molar-refractivity contribution >= 4 is 21.2 Å². The Kier molecular flexibility index (Phi) is 4.28. The van der Waals surface area contributed by atoms with Crippen LogP contribution in [0.2, 0.25) is 0 Å². The van der Waals surface area contributed by atoms with Crippen molar-refractivity contribution in [3.8, 4) is 0 Å². The lowest BCUT2D eigenvalue weighted by Crippen LogP contribution is -2.08. The first-order chi connectivity index (χ1) is 11.4. The van der Waals surface area contributed by atoms with Gasteiger partial charge in [0.15, 0.2) is 9.84 Å². The van der Waals surface area contributed by atoms with E-state index in [-0.39, 0.29) is 10.6 Å². The Balaban J connectivity index is 1.89. The summed E-state index contributed by atoms with van der Waals surface area (Å²) in [6.07, 6.45) is 4.30. The lowest BCUT2D eigenvalue weighted by atomic mass is 10.1. The molecule has 24 heavy (non-hydrogen) atoms. The molecular formula is C17H18N2O4S. The summed E-state index contributed by atoms with van der Waals surface area (Å²) in [5.74, 6) is 0. The monoisotopic (exact) mass is 346 g/mol. The first-order valence-corrected chi connectivity index (χ1v) is 9.57. The topological polar surface area (TPSA) is 89.3 Å². The summed E-state index contributed by atoms with van der Waals surface area (Å²) < 4.78 is 23.6. The second-order valence-electron chi connectivity index (χ2n) is 5.99. The highest BCUT2D eigenvalue weighted by molar-refractivity contribution is 7.90. The second-order valence-corrected chi connectivity index (χ2v) is 7.98. The minimum Gasteiger partial charge on any atom is -0.375 e. The van der Waals surface area contributed by atoms with Gasteiger partial charge in [-0.1, -0.05) is 24.3 Å². The third-order valence-corrected chi connectivity index (χ3v) is 5.36. The van der Waals surface area contributed by atoms with E-state index in [1.54, 1.807) is 0 Å². The number of fused-ring (bicyclic) bond motifs is 1. The van der Waals surface area contributed by atoms with Crippen LogP contribution in [-0.4, -0.2) is 19.6 Å². The van der Waals surface area contributed by atoms with Gasteiger partial charge in [0.05, 0.1) is 4.92 Å². The van der Waals surface area contributed by atoms with Crippen molar-refractivity contribution < 1.29 is 13.3 Å². The number of nitrogens with one attached hydrogen (secondary N) is 1. The van der Waals surface area contributed by atoms with Crippen molar-refractivity contribution in [2.75, 3.05) is 11.6 Å². The molecule has 0 atom stereocenters. The predicted octanol–water partition coefficient (Wildman–Crippen LogP) is 3.10. The van der Waals surface area contributed by atoms with Gasteiger partial charge in [0, 0.05) is 12.8 Å². The molecule has 0 amide bonds. The summed E-state index contributed by atoms with van der Waals surface area (Å²) in [4.78, 5) is 10.4. The molecule has 6 nitrogen and oxygen atoms in total. The van der Waals surface area contributed by atoms with Gasteiger partial charge in [-0.3, -0.25) is 10.1 Å². The number of benzene rings is 2. The average Bonchev–Trinajstić information content (AvgIpc) is 2.99. The van der Waals surface area contributed by atoms with Crippen LogP contribution in [0, 0.1) is 10.1 Å². The van der Waals surface area contributed by atoms with Gasteiger partial charge in [-0.15, -0.1) is 0 Å². The zero-order valence-electron chi connectivity index (χ0n) is 13.3. The number of aryl methyl sites for hydroxylation is 2. The normalized spacial score (nSPS) is 13.5. The fourth-order valence-corrected chi connectivity index (χ4v) is 3.95. The maximum absolute atomic E-state index is 11.8. The Bertz CT molecular complexity index is 907. The molecule has 0 bridgehead atoms. The number of anilines is 1. The fraction of sp³-hybridized carbons (Fsp3) is 0.294. The Morgan fingerprint density at radius 1 is 1.17 bits per heavy atom. The maximum Gasteiger partial charge on any atom is 0.310 e. The molecule has 3 rings (SSSR count). The molecule has 0 unspecified atom stereocenters. The molecule has 1 aliphatic rings. The molecule has 0 saturated carbocycles. The molecule has 1 aliphatic carbocycles. The molecule has 0 radical (unpaired) electrons. The fourth-order valence-electron chi connectivity index (χ4n) is 3.08. The highest BCUT2D eigenvalue weighted by Crippen LogP contribution is 2.32. The summed E-state index contributed by atoms with van der Waals surface area (Å²) in [5.41, 5.74) is 3.52. The summed E-state index contributed by atoms with van der Waals surface area (Å²) in [6, 6.07) is 10.5. The molecule has 2 aromatic rings. The van der Waals surface area contributed by atoms with Crippen LogP contribution in [-0.2, 0) is 29.2 Å². The molecule has 0 heterocycles. The molecule has 1 N–H and O–H groups in total. The van der Waals surface area contributed by atoms with E-state index in [1.165, 1.54) is 29.3 Å². The van der Waals surface area contributed by atoms with E-state index in [9.17, 15) is 18.5 Å². The second kappa shape index (κ2) is 6.24. The molecule has 0 aliphatic heterocycles. The lowest BCUT2D eigenvalue weighted by molar-refractivity contribution is -0.386. The summed E-state index contributed by atoms with van der Waals surface area (Å²) in [7, 11) is -3.67. The third-order valence-electron chi connectivity index (χ3n) is 4.23. The first-order valence-electron chi connectivity index (χ1n) is 7.68. The van der Waals surface area contributed by atoms with Gasteiger partial charge in [0.25, 0.3) is 0 Å². The van der Waals surface area contributed by atoms with Gasteiger partial charge in [-0.25, -0.2) is 8.42 Å². The molecule has 0 fully saturated rings. The SMILES string of the molecule is CS(=O)(=O)c1cccc(NCc2ccc3c(c2)CCC3)c1[N+](=O)[O-]. The van der Waals surface area contributed by atoms with Crippen LogP contribution < -0.4 is 5.32 Å². The van der Waals surface area contributed by atoms with E-state index in [4.69, 9.17) is 0 Å². The van der Waals surface area contributed by atoms with Gasteiger partial charge >= 0.3 is 5.69 Å². The van der Waals surface area contributed by atoms with E-state index in [1.807, 2.05) is 6.07 Å². The van der Waals surface area contributed by atoms with Crippen LogP contribution in [0.15, 0.2) is 41.3 Å². The van der Waals surface area contributed by atoms with Crippen LogP contribution in [0.25, 0.3) is 0 Å². The van der Waals surface area contributed by atoms with Crippen molar-refractivity contribution in [1.29, 1.82) is 0 Å². The standard InChI is InChI=1S/C17H18N2O4S/c1-24(22,23)16-7-3-6-15(17(16)19(20)21)18-11-12-8-9-13-4-2-5-14(13)10-12/h3,6-10,18H,2,4-5,11H2,1H3. The van der Waals surface area contributed by atoms with E-state index in [0.717, 1.165) is 31.1 Å². The first kappa shape index (κ1) is 16.4. The number of nitrogens with zero attached hydrogens (tertiary/aromatic N) is 1. The van der Waals surface area contributed by atoms with E-state index in [2.05, 4.69) is 17.4 Å². The zero-order valence-corrected chi connectivity index (χ0v) is 14.1. The number of hydrogen-bond acceptors (Lipinski definition) is 5. The number of nitro benzene ring substituents is 1. The zero-order chi connectivity index (χ0) is 17.3. The Hall–Kier alpha value is -2.41. The number of hydrogen-bond donors (Lipinski definition) is 1. The van der Waals surface area contributed by atoms with Gasteiger partial charge in [-0.05, 0) is 48.1 Å². The molecule has 126 valence electrons. The van der Waals surface area contributed by atoms with Crippen LogP contribution >= 0.6 is 0 Å². The molecule has 2 aromatic carbocycles. The molecular weight excluding hydrogens is 328 g/mol. The maximum atomic E-state index is 11.8. The van der Waals surface area contributed by atoms with Crippen LogP contribution in [0.4, 0.5) is 11.4 Å². The Labute approximate surface area is 140 Å². The van der Waals surface area contributed by atoms with Gasteiger partial charge in [0.2, 0.25) is 0 Å². The van der Waals surface area contributed by atoms with Crippen LogP contribution in [0.5, 0.6) is 0 Å². The van der Waals surface area contributed by atoms with Gasteiger partial charge in [0.1, 0.15) is 10.6 Å². The van der Waals surface area contributed by atoms with Crippen molar-refractivity contribution in [2.24, 2.45) is 0 Å². The highest BCUT2D eigenvalue weighted by atomic mass is 32.2. The minimum absolute atomic E-state index is 0.212. The molecule has 0 saturated heterocycles. The van der Waals surface area contributed by atoms with E-state index < -0.39 is 20.4 Å². The number of nitro groups is 1. The van der Waals surface area contributed by atoms with E-state index in [0.29, 0.717) is 6.54 Å². The average molecular weight is 346 g/mol. The molecule has 7 heteroatoms. The molecule has 0 spiro atoms. The largest absolute Gasteiger partial charge is 0.375 e. The highest BCUT2D eigenvalue weighted by Gasteiger charge is 2.26. The Morgan fingerprint density at radius 2 is 1.92 bits per heavy atom. The predicted molar refractivity (Wildman–Crippen MR) is 92.0 cm³/mol. The van der Waals surface area contributed by atoms with E-state index >= 15 is 0 Å². The summed E-state index contributed by atoms with van der Waals surface area (Å²) in [6.45, 7) is 0.404. The van der Waals surface area contributed by atoms with Crippen molar-refractivity contribution in [2.45, 2.75) is 30.7 Å².